The Morgan fingerprint density at radius 2 is 1.94 bits per heavy atom. The number of aromatic nitrogens is 1. The number of halogens is 1. The standard InChI is InChI=1S/C23H24BrN3O3S/c24-18-4-2-16(3-5-18)22(28)17-8-11-27(12-9-17)10-1-13-30-23(29)26-19-6-7-20-21(14-19)31-15-25-20/h2-7,14-15,17H,1,8-13H2,(H,26,29). The summed E-state index contributed by atoms with van der Waals surface area (Å²) >= 11 is 4.94. The number of carbonyl (C=O) groups excluding carboxylic acids is 2. The zero-order valence-corrected chi connectivity index (χ0v) is 19.5. The third-order valence-corrected chi connectivity index (χ3v) is 6.84. The number of thiazole rings is 1. The molecule has 1 N–H and O–H groups in total. The lowest BCUT2D eigenvalue weighted by atomic mass is 9.89. The van der Waals surface area contributed by atoms with Crippen LogP contribution in [0.2, 0.25) is 0 Å². The maximum Gasteiger partial charge on any atom is 0.411 e. The molecule has 1 saturated heterocycles. The number of amides is 1. The SMILES string of the molecule is O=C(Nc1ccc2ncsc2c1)OCCCN1CCC(C(=O)c2ccc(Br)cc2)CC1. The number of hydrogen-bond acceptors (Lipinski definition) is 6. The molecule has 0 radical (unpaired) electrons. The molecule has 1 aromatic heterocycles. The molecule has 1 aliphatic rings. The Bertz CT molecular complexity index is 1050. The second-order valence-electron chi connectivity index (χ2n) is 7.64. The molecule has 8 heteroatoms. The predicted molar refractivity (Wildman–Crippen MR) is 127 cm³/mol. The molecule has 0 atom stereocenters. The van der Waals surface area contributed by atoms with Crippen LogP contribution in [0.25, 0.3) is 10.2 Å². The van der Waals surface area contributed by atoms with E-state index < -0.39 is 6.09 Å². The first kappa shape index (κ1) is 21.9. The molecule has 0 aliphatic carbocycles. The fourth-order valence-corrected chi connectivity index (χ4v) is 4.79. The topological polar surface area (TPSA) is 71.5 Å². The first-order chi connectivity index (χ1) is 15.1. The molecule has 6 nitrogen and oxygen atoms in total. The predicted octanol–water partition coefficient (Wildman–Crippen LogP) is 5.59. The van der Waals surface area contributed by atoms with E-state index in [4.69, 9.17) is 4.74 Å². The van der Waals surface area contributed by atoms with Crippen LogP contribution in [0.1, 0.15) is 29.6 Å². The number of nitrogens with zero attached hydrogens (tertiary/aromatic N) is 2. The van der Waals surface area contributed by atoms with E-state index in [0.29, 0.717) is 12.3 Å². The van der Waals surface area contributed by atoms with Gasteiger partial charge in [-0.2, -0.15) is 0 Å². The van der Waals surface area contributed by atoms with Gasteiger partial charge in [0.05, 0.1) is 22.3 Å². The van der Waals surface area contributed by atoms with Crippen molar-refractivity contribution in [3.8, 4) is 0 Å². The minimum absolute atomic E-state index is 0.0929. The largest absolute Gasteiger partial charge is 0.449 e. The zero-order chi connectivity index (χ0) is 21.6. The normalized spacial score (nSPS) is 15.1. The third kappa shape index (κ3) is 5.90. The number of carbonyl (C=O) groups is 2. The van der Waals surface area contributed by atoms with Crippen molar-refractivity contribution in [1.29, 1.82) is 0 Å². The molecule has 0 spiro atoms. The molecule has 3 aromatic rings. The summed E-state index contributed by atoms with van der Waals surface area (Å²) in [5.74, 6) is 0.332. The summed E-state index contributed by atoms with van der Waals surface area (Å²) < 4.78 is 7.32. The van der Waals surface area contributed by atoms with Crippen molar-refractivity contribution in [3.05, 3.63) is 58.0 Å². The van der Waals surface area contributed by atoms with Crippen molar-refractivity contribution in [1.82, 2.24) is 9.88 Å². The van der Waals surface area contributed by atoms with Gasteiger partial charge in [-0.25, -0.2) is 9.78 Å². The number of anilines is 1. The van der Waals surface area contributed by atoms with Gasteiger partial charge in [-0.15, -0.1) is 11.3 Å². The summed E-state index contributed by atoms with van der Waals surface area (Å²) in [5, 5.41) is 2.76. The summed E-state index contributed by atoms with van der Waals surface area (Å²) in [6, 6.07) is 13.2. The summed E-state index contributed by atoms with van der Waals surface area (Å²) in [5.41, 5.74) is 4.20. The molecular formula is C23H24BrN3O3S. The maximum atomic E-state index is 12.7. The molecule has 4 rings (SSSR count). The van der Waals surface area contributed by atoms with E-state index in [2.05, 4.69) is 31.1 Å². The van der Waals surface area contributed by atoms with Gasteiger partial charge < -0.3 is 9.64 Å². The number of rotatable bonds is 7. The second-order valence-corrected chi connectivity index (χ2v) is 9.44. The van der Waals surface area contributed by atoms with E-state index in [1.165, 1.54) is 11.3 Å². The summed E-state index contributed by atoms with van der Waals surface area (Å²) in [4.78, 5) is 31.2. The monoisotopic (exact) mass is 501 g/mol. The molecule has 162 valence electrons. The van der Waals surface area contributed by atoms with Crippen LogP contribution in [-0.4, -0.2) is 48.0 Å². The number of ether oxygens (including phenoxy) is 1. The highest BCUT2D eigenvalue weighted by atomic mass is 79.9. The van der Waals surface area contributed by atoms with Gasteiger partial charge in [-0.1, -0.05) is 28.1 Å². The van der Waals surface area contributed by atoms with E-state index in [-0.39, 0.29) is 11.7 Å². The smallest absolute Gasteiger partial charge is 0.411 e. The number of piperidine rings is 1. The molecule has 31 heavy (non-hydrogen) atoms. The molecule has 1 fully saturated rings. The van der Waals surface area contributed by atoms with Gasteiger partial charge >= 0.3 is 6.09 Å². The average Bonchev–Trinajstić information content (AvgIpc) is 3.25. The second kappa shape index (κ2) is 10.3. The molecule has 1 amide bonds. The number of Topliss-reactive ketones (excluding diaryl/α,β-unsaturated/α-hetero) is 1. The number of ketones is 1. The quantitative estimate of drug-likeness (QED) is 0.337. The minimum atomic E-state index is -0.442. The Labute approximate surface area is 193 Å². The van der Waals surface area contributed by atoms with Crippen LogP contribution in [0.15, 0.2) is 52.4 Å². The molecule has 0 unspecified atom stereocenters. The van der Waals surface area contributed by atoms with Crippen LogP contribution in [0.4, 0.5) is 10.5 Å². The van der Waals surface area contributed by atoms with Crippen molar-refractivity contribution in [2.24, 2.45) is 5.92 Å². The highest BCUT2D eigenvalue weighted by Crippen LogP contribution is 2.23. The lowest BCUT2D eigenvalue weighted by Gasteiger charge is -2.31. The van der Waals surface area contributed by atoms with Crippen LogP contribution in [0.3, 0.4) is 0 Å². The van der Waals surface area contributed by atoms with E-state index in [1.54, 1.807) is 5.51 Å². The zero-order valence-electron chi connectivity index (χ0n) is 17.1. The van der Waals surface area contributed by atoms with Crippen molar-refractivity contribution in [3.63, 3.8) is 0 Å². The van der Waals surface area contributed by atoms with Gasteiger partial charge in [0.25, 0.3) is 0 Å². The summed E-state index contributed by atoms with van der Waals surface area (Å²) in [6.07, 6.45) is 2.07. The lowest BCUT2D eigenvalue weighted by Crippen LogP contribution is -2.37. The van der Waals surface area contributed by atoms with Crippen LogP contribution >= 0.6 is 27.3 Å². The molecule has 0 bridgehead atoms. The highest BCUT2D eigenvalue weighted by molar-refractivity contribution is 9.10. The highest BCUT2D eigenvalue weighted by Gasteiger charge is 2.25. The molecular weight excluding hydrogens is 478 g/mol. The lowest BCUT2D eigenvalue weighted by molar-refractivity contribution is 0.0830. The van der Waals surface area contributed by atoms with Gasteiger partial charge in [0.15, 0.2) is 5.78 Å². The van der Waals surface area contributed by atoms with Gasteiger partial charge in [0, 0.05) is 28.2 Å². The summed E-state index contributed by atoms with van der Waals surface area (Å²) in [6.45, 7) is 3.02. The van der Waals surface area contributed by atoms with Gasteiger partial charge in [0.1, 0.15) is 0 Å². The third-order valence-electron chi connectivity index (χ3n) is 5.52. The van der Waals surface area contributed by atoms with E-state index >= 15 is 0 Å². The van der Waals surface area contributed by atoms with Crippen molar-refractivity contribution in [2.45, 2.75) is 19.3 Å². The molecule has 2 aromatic carbocycles. The number of fused-ring (bicyclic) bond motifs is 1. The van der Waals surface area contributed by atoms with Crippen molar-refractivity contribution in [2.75, 3.05) is 31.6 Å². The van der Waals surface area contributed by atoms with Gasteiger partial charge in [0.2, 0.25) is 0 Å². The van der Waals surface area contributed by atoms with Crippen LogP contribution < -0.4 is 5.32 Å². The Kier molecular flexibility index (Phi) is 7.32. The van der Waals surface area contributed by atoms with E-state index in [1.807, 2.05) is 42.5 Å². The molecule has 1 aliphatic heterocycles. The number of likely N-dealkylation sites (tertiary alicyclic amines) is 1. The first-order valence-electron chi connectivity index (χ1n) is 10.4. The van der Waals surface area contributed by atoms with Crippen molar-refractivity contribution >= 4 is 55.0 Å². The Balaban J connectivity index is 1.13. The minimum Gasteiger partial charge on any atom is -0.449 e. The molecule has 2 heterocycles. The fraction of sp³-hybridized carbons (Fsp3) is 0.348. The maximum absolute atomic E-state index is 12.7. The van der Waals surface area contributed by atoms with E-state index in [9.17, 15) is 9.59 Å². The average molecular weight is 502 g/mol. The van der Waals surface area contributed by atoms with Crippen molar-refractivity contribution < 1.29 is 14.3 Å². The van der Waals surface area contributed by atoms with E-state index in [0.717, 1.165) is 59.1 Å². The number of nitrogens with one attached hydrogen (secondary N) is 1. The van der Waals surface area contributed by atoms with Crippen LogP contribution in [0, 0.1) is 5.92 Å². The Hall–Kier alpha value is -2.29. The number of benzene rings is 2. The van der Waals surface area contributed by atoms with Crippen LogP contribution in [0.5, 0.6) is 0 Å². The Morgan fingerprint density at radius 3 is 2.71 bits per heavy atom. The Morgan fingerprint density at radius 1 is 1.16 bits per heavy atom. The first-order valence-corrected chi connectivity index (χ1v) is 12.0. The fourth-order valence-electron chi connectivity index (χ4n) is 3.81. The van der Waals surface area contributed by atoms with Crippen LogP contribution in [-0.2, 0) is 4.74 Å². The number of hydrogen-bond donors (Lipinski definition) is 1. The summed E-state index contributed by atoms with van der Waals surface area (Å²) in [7, 11) is 0. The molecule has 0 saturated carbocycles. The van der Waals surface area contributed by atoms with Gasteiger partial charge in [-0.05, 0) is 62.7 Å². The van der Waals surface area contributed by atoms with Gasteiger partial charge in [-0.3, -0.25) is 10.1 Å².